The number of rotatable bonds is 7. The van der Waals surface area contributed by atoms with Crippen LogP contribution >= 0.6 is 23.2 Å². The number of aryl methyl sites for hydroxylation is 1. The van der Waals surface area contributed by atoms with Gasteiger partial charge < -0.3 is 15.1 Å². The predicted molar refractivity (Wildman–Crippen MR) is 144 cm³/mol. The molecule has 2 amide bonds. The molecule has 3 fully saturated rings. The number of likely N-dealkylation sites (tertiary alicyclic amines) is 2. The number of halogens is 2. The third-order valence-electron chi connectivity index (χ3n) is 8.23. The minimum Gasteiger partial charge on any atom is -0.349 e. The monoisotopic (exact) mass is 527 g/mol. The van der Waals surface area contributed by atoms with Crippen LogP contribution in [0, 0.1) is 24.7 Å². The van der Waals surface area contributed by atoms with E-state index < -0.39 is 0 Å². The zero-order valence-electron chi connectivity index (χ0n) is 20.9. The summed E-state index contributed by atoms with van der Waals surface area (Å²) in [5, 5.41) is 4.21. The first-order chi connectivity index (χ1) is 17.4. The lowest BCUT2D eigenvalue weighted by Crippen LogP contribution is -2.36. The van der Waals surface area contributed by atoms with Crippen molar-refractivity contribution in [1.29, 1.82) is 0 Å². The highest BCUT2D eigenvalue weighted by atomic mass is 35.5. The fourth-order valence-corrected chi connectivity index (χ4v) is 7.06. The Bertz CT molecular complexity index is 1070. The van der Waals surface area contributed by atoms with Crippen LogP contribution in [0.15, 0.2) is 42.5 Å². The largest absolute Gasteiger partial charge is 0.349 e. The van der Waals surface area contributed by atoms with Crippen LogP contribution in [0.2, 0.25) is 10.0 Å². The third-order valence-corrected chi connectivity index (χ3v) is 8.82. The van der Waals surface area contributed by atoms with Crippen LogP contribution in [-0.2, 0) is 4.79 Å². The number of hydrogen-bond acceptors (Lipinski definition) is 3. The van der Waals surface area contributed by atoms with E-state index in [1.165, 1.54) is 5.56 Å². The van der Waals surface area contributed by atoms with Crippen molar-refractivity contribution in [3.63, 3.8) is 0 Å². The first kappa shape index (κ1) is 25.6. The van der Waals surface area contributed by atoms with Crippen LogP contribution in [0.5, 0.6) is 0 Å². The SMILES string of the molecule is Cc1cc(Cl)c(C(=O)N2CC3CN(CCC(NC(=O)C4CCCC4)c4ccccc4)C[C@H]3C2)c(Cl)c1. The highest BCUT2D eigenvalue weighted by Crippen LogP contribution is 2.35. The standard InChI is InChI=1S/C29H35Cl2N3O2/c1-19-13-24(30)27(25(31)14-19)29(36)34-17-22-15-33(16-23(22)18-34)12-11-26(20-7-3-2-4-8-20)32-28(35)21-9-5-6-10-21/h2-4,7-8,13-14,21-23,26H,5-6,9-12,15-18H2,1H3,(H,32,35)/t22-,23?,26?/m0/s1. The number of fused-ring (bicyclic) bond motifs is 1. The Labute approximate surface area is 224 Å². The molecule has 5 rings (SSSR count). The fourth-order valence-electron chi connectivity index (χ4n) is 6.30. The summed E-state index contributed by atoms with van der Waals surface area (Å²) in [7, 11) is 0. The molecule has 2 aliphatic heterocycles. The lowest BCUT2D eigenvalue weighted by molar-refractivity contribution is -0.125. The second-order valence-corrected chi connectivity index (χ2v) is 11.6. The van der Waals surface area contributed by atoms with Gasteiger partial charge in [-0.2, -0.15) is 0 Å². The number of carbonyl (C=O) groups is 2. The minimum absolute atomic E-state index is 0.0311. The number of carbonyl (C=O) groups excluding carboxylic acids is 2. The Hall–Kier alpha value is -2.08. The summed E-state index contributed by atoms with van der Waals surface area (Å²) in [5.41, 5.74) is 2.54. The Morgan fingerprint density at radius 1 is 0.972 bits per heavy atom. The first-order valence-corrected chi connectivity index (χ1v) is 14.0. The average molecular weight is 529 g/mol. The van der Waals surface area contributed by atoms with Crippen LogP contribution in [0.4, 0.5) is 0 Å². The van der Waals surface area contributed by atoms with Gasteiger partial charge in [0.15, 0.2) is 0 Å². The second-order valence-electron chi connectivity index (χ2n) is 10.8. The van der Waals surface area contributed by atoms with Crippen molar-refractivity contribution in [2.45, 2.75) is 45.1 Å². The molecule has 0 aromatic heterocycles. The number of hydrogen-bond donors (Lipinski definition) is 1. The molecule has 2 saturated heterocycles. The third kappa shape index (κ3) is 5.58. The van der Waals surface area contributed by atoms with Crippen molar-refractivity contribution in [2.24, 2.45) is 17.8 Å². The lowest BCUT2D eigenvalue weighted by atomic mass is 10.0. The van der Waals surface area contributed by atoms with Gasteiger partial charge in [-0.25, -0.2) is 0 Å². The van der Waals surface area contributed by atoms with E-state index in [0.29, 0.717) is 27.4 Å². The summed E-state index contributed by atoms with van der Waals surface area (Å²) in [4.78, 5) is 30.5. The van der Waals surface area contributed by atoms with E-state index in [9.17, 15) is 9.59 Å². The van der Waals surface area contributed by atoms with Crippen LogP contribution in [0.25, 0.3) is 0 Å². The van der Waals surface area contributed by atoms with Crippen LogP contribution in [0.3, 0.4) is 0 Å². The Kier molecular flexibility index (Phi) is 7.90. The molecular formula is C29H35Cl2N3O2. The molecule has 0 spiro atoms. The Balaban J connectivity index is 1.17. The Morgan fingerprint density at radius 2 is 1.58 bits per heavy atom. The molecular weight excluding hydrogens is 493 g/mol. The summed E-state index contributed by atoms with van der Waals surface area (Å²) >= 11 is 12.8. The van der Waals surface area contributed by atoms with E-state index in [4.69, 9.17) is 23.2 Å². The molecule has 36 heavy (non-hydrogen) atoms. The summed E-state index contributed by atoms with van der Waals surface area (Å²) in [6, 6.07) is 14.0. The maximum absolute atomic E-state index is 13.2. The maximum Gasteiger partial charge on any atom is 0.256 e. The molecule has 2 aromatic carbocycles. The summed E-state index contributed by atoms with van der Waals surface area (Å²) < 4.78 is 0. The van der Waals surface area contributed by atoms with Gasteiger partial charge in [-0.15, -0.1) is 0 Å². The van der Waals surface area contributed by atoms with E-state index in [1.54, 1.807) is 12.1 Å². The van der Waals surface area contributed by atoms with Gasteiger partial charge in [0.25, 0.3) is 5.91 Å². The van der Waals surface area contributed by atoms with Crippen LogP contribution < -0.4 is 5.32 Å². The molecule has 3 atom stereocenters. The van der Waals surface area contributed by atoms with Crippen molar-refractivity contribution in [1.82, 2.24) is 15.1 Å². The van der Waals surface area contributed by atoms with E-state index in [1.807, 2.05) is 30.0 Å². The molecule has 2 unspecified atom stereocenters. The molecule has 0 bridgehead atoms. The molecule has 192 valence electrons. The number of amides is 2. The number of nitrogens with one attached hydrogen (secondary N) is 1. The second kappa shape index (κ2) is 11.1. The predicted octanol–water partition coefficient (Wildman–Crippen LogP) is 5.74. The Morgan fingerprint density at radius 3 is 2.19 bits per heavy atom. The van der Waals surface area contributed by atoms with E-state index >= 15 is 0 Å². The number of nitrogens with zero attached hydrogens (tertiary/aromatic N) is 2. The molecule has 5 nitrogen and oxygen atoms in total. The highest BCUT2D eigenvalue weighted by Gasteiger charge is 2.42. The van der Waals surface area contributed by atoms with Gasteiger partial charge in [0.1, 0.15) is 0 Å². The van der Waals surface area contributed by atoms with E-state index in [-0.39, 0.29) is 23.8 Å². The van der Waals surface area contributed by atoms with Gasteiger partial charge in [0.05, 0.1) is 21.7 Å². The normalized spacial score (nSPS) is 23.1. The minimum atomic E-state index is -0.0651. The van der Waals surface area contributed by atoms with Gasteiger partial charge in [-0.1, -0.05) is 66.4 Å². The average Bonchev–Trinajstić information content (AvgIpc) is 3.58. The molecule has 1 aliphatic carbocycles. The van der Waals surface area contributed by atoms with Crippen LogP contribution in [0.1, 0.15) is 59.6 Å². The van der Waals surface area contributed by atoms with Gasteiger partial charge in [-0.05, 0) is 61.3 Å². The lowest BCUT2D eigenvalue weighted by Gasteiger charge is -2.26. The van der Waals surface area contributed by atoms with Crippen LogP contribution in [-0.4, -0.2) is 54.3 Å². The molecule has 2 heterocycles. The van der Waals surface area contributed by atoms with Gasteiger partial charge in [0.2, 0.25) is 5.91 Å². The maximum atomic E-state index is 13.2. The smallest absolute Gasteiger partial charge is 0.256 e. The van der Waals surface area contributed by atoms with Crippen molar-refractivity contribution < 1.29 is 9.59 Å². The number of benzene rings is 2. The van der Waals surface area contributed by atoms with Gasteiger partial charge in [0, 0.05) is 38.6 Å². The van der Waals surface area contributed by atoms with Crippen molar-refractivity contribution in [3.8, 4) is 0 Å². The van der Waals surface area contributed by atoms with Crippen molar-refractivity contribution in [2.75, 3.05) is 32.7 Å². The van der Waals surface area contributed by atoms with Gasteiger partial charge in [-0.3, -0.25) is 9.59 Å². The van der Waals surface area contributed by atoms with Crippen molar-refractivity contribution >= 4 is 35.0 Å². The molecule has 7 heteroatoms. The van der Waals surface area contributed by atoms with E-state index in [2.05, 4.69) is 22.3 Å². The topological polar surface area (TPSA) is 52.7 Å². The molecule has 2 aromatic rings. The zero-order valence-corrected chi connectivity index (χ0v) is 22.4. The summed E-state index contributed by atoms with van der Waals surface area (Å²) in [6.07, 6.45) is 5.23. The highest BCUT2D eigenvalue weighted by molar-refractivity contribution is 6.39. The quantitative estimate of drug-likeness (QED) is 0.499. The van der Waals surface area contributed by atoms with Crippen molar-refractivity contribution in [3.05, 3.63) is 69.2 Å². The molecule has 3 aliphatic rings. The molecule has 1 saturated carbocycles. The summed E-state index contributed by atoms with van der Waals surface area (Å²) in [6.45, 7) is 6.27. The summed E-state index contributed by atoms with van der Waals surface area (Å²) in [5.74, 6) is 1.23. The van der Waals surface area contributed by atoms with E-state index in [0.717, 1.165) is 70.4 Å². The zero-order chi connectivity index (χ0) is 25.2. The van der Waals surface area contributed by atoms with Gasteiger partial charge >= 0.3 is 0 Å². The first-order valence-electron chi connectivity index (χ1n) is 13.2. The molecule has 0 radical (unpaired) electrons. The fraction of sp³-hybridized carbons (Fsp3) is 0.517. The molecule has 1 N–H and O–H groups in total.